The smallest absolute Gasteiger partial charge is 0.226 e. The van der Waals surface area contributed by atoms with E-state index in [2.05, 4.69) is 5.32 Å². The van der Waals surface area contributed by atoms with Crippen LogP contribution in [0.4, 0.5) is 0 Å². The zero-order valence-electron chi connectivity index (χ0n) is 14.8. The third-order valence-corrected chi connectivity index (χ3v) is 6.06. The summed E-state index contributed by atoms with van der Waals surface area (Å²) in [5, 5.41) is 6.09. The highest BCUT2D eigenvalue weighted by molar-refractivity contribution is 7.07. The molecule has 0 spiro atoms. The molecule has 0 bridgehead atoms. The number of amides is 1. The molecule has 1 amide bonds. The van der Waals surface area contributed by atoms with Crippen LogP contribution >= 0.6 is 34.5 Å². The van der Waals surface area contributed by atoms with Gasteiger partial charge in [0.15, 0.2) is 4.80 Å². The molecule has 26 heavy (non-hydrogen) atoms. The molecule has 4 nitrogen and oxygen atoms in total. The van der Waals surface area contributed by atoms with Crippen molar-refractivity contribution in [2.24, 2.45) is 12.0 Å². The topological polar surface area (TPSA) is 46.4 Å². The van der Waals surface area contributed by atoms with E-state index in [4.69, 9.17) is 28.2 Å². The first kappa shape index (κ1) is 19.5. The summed E-state index contributed by atoms with van der Waals surface area (Å²) in [5.74, 6) is -0.0290. The number of benzene rings is 1. The Balaban J connectivity index is 1.60. The maximum absolute atomic E-state index is 12.3. The third kappa shape index (κ3) is 5.35. The molecule has 1 heterocycles. The van der Waals surface area contributed by atoms with Gasteiger partial charge in [-0.25, -0.2) is 0 Å². The molecule has 0 saturated heterocycles. The monoisotopic (exact) mass is 411 g/mol. The number of hydrogen-bond acceptors (Lipinski definition) is 3. The van der Waals surface area contributed by atoms with Gasteiger partial charge in [0.25, 0.3) is 0 Å². The van der Waals surface area contributed by atoms with Crippen molar-refractivity contribution >= 4 is 40.4 Å². The standard InChI is InChI=1S/C19H23Cl2N3OS/c1-24-17(12-26-19(24)23-16-5-3-2-4-6-16)10-18(25)22-11-13-7-14(20)9-15(21)8-13/h7-9,12,16H,2-6,10-11H2,1H3,(H,22,25). The van der Waals surface area contributed by atoms with Crippen LogP contribution in [0.15, 0.2) is 28.6 Å². The van der Waals surface area contributed by atoms with Crippen LogP contribution in [0.2, 0.25) is 10.0 Å². The molecule has 0 atom stereocenters. The molecule has 1 N–H and O–H groups in total. The number of carbonyl (C=O) groups excluding carboxylic acids is 1. The summed E-state index contributed by atoms with van der Waals surface area (Å²) in [6.45, 7) is 0.409. The van der Waals surface area contributed by atoms with Crippen LogP contribution in [-0.4, -0.2) is 16.5 Å². The number of halogens is 2. The zero-order chi connectivity index (χ0) is 18.5. The van der Waals surface area contributed by atoms with Crippen molar-refractivity contribution in [3.05, 3.63) is 49.7 Å². The number of hydrogen-bond donors (Lipinski definition) is 1. The minimum Gasteiger partial charge on any atom is -0.352 e. The summed E-state index contributed by atoms with van der Waals surface area (Å²) in [7, 11) is 1.98. The third-order valence-electron chi connectivity index (χ3n) is 4.64. The molecule has 0 unspecified atom stereocenters. The second kappa shape index (κ2) is 9.07. The highest BCUT2D eigenvalue weighted by atomic mass is 35.5. The fourth-order valence-corrected chi connectivity index (χ4v) is 4.73. The molecule has 1 fully saturated rings. The van der Waals surface area contributed by atoms with Gasteiger partial charge in [0.2, 0.25) is 5.91 Å². The lowest BCUT2D eigenvalue weighted by Gasteiger charge is -2.16. The Morgan fingerprint density at radius 2 is 1.92 bits per heavy atom. The SMILES string of the molecule is Cn1c(CC(=O)NCc2cc(Cl)cc(Cl)c2)csc1=NC1CCCCC1. The lowest BCUT2D eigenvalue weighted by molar-refractivity contribution is -0.120. The highest BCUT2D eigenvalue weighted by Crippen LogP contribution is 2.20. The first-order valence-corrected chi connectivity index (χ1v) is 10.5. The van der Waals surface area contributed by atoms with E-state index in [1.807, 2.05) is 17.0 Å². The number of carbonyl (C=O) groups is 1. The Bertz CT molecular complexity index is 817. The molecule has 2 aromatic rings. The van der Waals surface area contributed by atoms with Crippen molar-refractivity contribution in [3.8, 4) is 0 Å². The quantitative estimate of drug-likeness (QED) is 0.773. The second-order valence-corrected chi connectivity index (χ2v) is 8.43. The average Bonchev–Trinajstić information content (AvgIpc) is 2.93. The maximum atomic E-state index is 12.3. The van der Waals surface area contributed by atoms with Crippen molar-refractivity contribution in [2.45, 2.75) is 51.1 Å². The van der Waals surface area contributed by atoms with Crippen LogP contribution in [0.1, 0.15) is 43.4 Å². The van der Waals surface area contributed by atoms with Crippen molar-refractivity contribution in [3.63, 3.8) is 0 Å². The first-order chi connectivity index (χ1) is 12.5. The maximum Gasteiger partial charge on any atom is 0.226 e. The van der Waals surface area contributed by atoms with Crippen LogP contribution in [-0.2, 0) is 24.8 Å². The van der Waals surface area contributed by atoms with Crippen molar-refractivity contribution in [2.75, 3.05) is 0 Å². The Kier molecular flexibility index (Phi) is 6.79. The first-order valence-electron chi connectivity index (χ1n) is 8.90. The van der Waals surface area contributed by atoms with E-state index in [-0.39, 0.29) is 5.91 Å². The molecule has 1 aromatic heterocycles. The molecule has 1 saturated carbocycles. The largest absolute Gasteiger partial charge is 0.352 e. The van der Waals surface area contributed by atoms with Crippen LogP contribution < -0.4 is 10.1 Å². The van der Waals surface area contributed by atoms with E-state index in [1.165, 1.54) is 32.1 Å². The van der Waals surface area contributed by atoms with Gasteiger partial charge in [0.1, 0.15) is 0 Å². The summed E-state index contributed by atoms with van der Waals surface area (Å²) in [5.41, 5.74) is 1.87. The number of nitrogens with zero attached hydrogens (tertiary/aromatic N) is 2. The van der Waals surface area contributed by atoms with Gasteiger partial charge in [0.05, 0.1) is 12.5 Å². The van der Waals surface area contributed by atoms with Gasteiger partial charge >= 0.3 is 0 Å². The number of thiazole rings is 1. The molecule has 3 rings (SSSR count). The molecule has 1 aliphatic carbocycles. The lowest BCUT2D eigenvalue weighted by Crippen LogP contribution is -2.27. The Labute approximate surface area is 167 Å². The van der Waals surface area contributed by atoms with Gasteiger partial charge in [-0.05, 0) is 36.6 Å². The molecule has 140 valence electrons. The van der Waals surface area contributed by atoms with Crippen LogP contribution in [0.25, 0.3) is 0 Å². The minimum absolute atomic E-state index is 0.0290. The van der Waals surface area contributed by atoms with E-state index < -0.39 is 0 Å². The van der Waals surface area contributed by atoms with Gasteiger partial charge in [0, 0.05) is 34.7 Å². The van der Waals surface area contributed by atoms with Gasteiger partial charge in [-0.3, -0.25) is 9.79 Å². The summed E-state index contributed by atoms with van der Waals surface area (Å²) < 4.78 is 2.04. The number of rotatable bonds is 5. The van der Waals surface area contributed by atoms with Crippen LogP contribution in [0, 0.1) is 0 Å². The fraction of sp³-hybridized carbons (Fsp3) is 0.474. The molecular formula is C19H23Cl2N3OS. The number of nitrogens with one attached hydrogen (secondary N) is 1. The van der Waals surface area contributed by atoms with E-state index in [1.54, 1.807) is 29.5 Å². The fourth-order valence-electron chi connectivity index (χ4n) is 3.19. The highest BCUT2D eigenvalue weighted by Gasteiger charge is 2.13. The summed E-state index contributed by atoms with van der Waals surface area (Å²) in [6.07, 6.45) is 6.55. The van der Waals surface area contributed by atoms with Crippen molar-refractivity contribution < 1.29 is 4.79 Å². The van der Waals surface area contributed by atoms with Gasteiger partial charge in [-0.1, -0.05) is 42.5 Å². The van der Waals surface area contributed by atoms with E-state index in [9.17, 15) is 4.79 Å². The molecule has 0 radical (unpaired) electrons. The average molecular weight is 412 g/mol. The Hall–Kier alpha value is -1.30. The van der Waals surface area contributed by atoms with Gasteiger partial charge in [-0.2, -0.15) is 0 Å². The zero-order valence-corrected chi connectivity index (χ0v) is 17.1. The van der Waals surface area contributed by atoms with Gasteiger partial charge in [-0.15, -0.1) is 11.3 Å². The van der Waals surface area contributed by atoms with Crippen molar-refractivity contribution in [1.82, 2.24) is 9.88 Å². The summed E-state index contributed by atoms with van der Waals surface area (Å²) in [4.78, 5) is 18.2. The molecule has 0 aliphatic heterocycles. The van der Waals surface area contributed by atoms with E-state index in [0.29, 0.717) is 29.1 Å². The Morgan fingerprint density at radius 3 is 2.62 bits per heavy atom. The predicted molar refractivity (Wildman–Crippen MR) is 108 cm³/mol. The predicted octanol–water partition coefficient (Wildman–Crippen LogP) is 4.49. The normalized spacial score (nSPS) is 16.0. The molecule has 1 aromatic carbocycles. The van der Waals surface area contributed by atoms with Gasteiger partial charge < -0.3 is 9.88 Å². The number of aromatic nitrogens is 1. The van der Waals surface area contributed by atoms with E-state index in [0.717, 1.165) is 16.1 Å². The summed E-state index contributed by atoms with van der Waals surface area (Å²) >= 11 is 13.6. The van der Waals surface area contributed by atoms with E-state index >= 15 is 0 Å². The van der Waals surface area contributed by atoms with Crippen LogP contribution in [0.5, 0.6) is 0 Å². The van der Waals surface area contributed by atoms with Crippen LogP contribution in [0.3, 0.4) is 0 Å². The summed E-state index contributed by atoms with van der Waals surface area (Å²) in [6, 6.07) is 5.72. The minimum atomic E-state index is -0.0290. The lowest BCUT2D eigenvalue weighted by atomic mass is 9.96. The molecule has 7 heteroatoms. The second-order valence-electron chi connectivity index (χ2n) is 6.72. The molecular weight excluding hydrogens is 389 g/mol. The molecule has 1 aliphatic rings. The Morgan fingerprint density at radius 1 is 1.23 bits per heavy atom. The van der Waals surface area contributed by atoms with Crippen molar-refractivity contribution in [1.29, 1.82) is 0 Å².